The van der Waals surface area contributed by atoms with Crippen molar-refractivity contribution in [2.75, 3.05) is 22.1 Å². The lowest BCUT2D eigenvalue weighted by molar-refractivity contribution is -0.114. The first kappa shape index (κ1) is 32.0. The highest BCUT2D eigenvalue weighted by molar-refractivity contribution is 8.00. The number of nitrogens with zero attached hydrogens (tertiary/aromatic N) is 4. The van der Waals surface area contributed by atoms with Crippen LogP contribution in [0, 0.1) is 22.7 Å². The number of thioether (sulfide) groups is 2. The van der Waals surface area contributed by atoms with Gasteiger partial charge in [-0.05, 0) is 78.2 Å². The van der Waals surface area contributed by atoms with Gasteiger partial charge in [-0.3, -0.25) is 9.59 Å². The van der Waals surface area contributed by atoms with E-state index in [9.17, 15) is 20.1 Å². The van der Waals surface area contributed by atoms with E-state index in [4.69, 9.17) is 23.2 Å². The summed E-state index contributed by atoms with van der Waals surface area (Å²) in [6, 6.07) is 25.4. The summed E-state index contributed by atoms with van der Waals surface area (Å²) in [6.07, 6.45) is 0.434. The smallest absolute Gasteiger partial charge is 0.234 e. The highest BCUT2D eigenvalue weighted by atomic mass is 35.5. The molecule has 0 atom stereocenters. The third-order valence-electron chi connectivity index (χ3n) is 6.89. The summed E-state index contributed by atoms with van der Waals surface area (Å²) in [5.41, 5.74) is 6.13. The predicted molar refractivity (Wildman–Crippen MR) is 186 cm³/mol. The van der Waals surface area contributed by atoms with E-state index in [2.05, 4.69) is 42.7 Å². The summed E-state index contributed by atoms with van der Waals surface area (Å²) in [5.74, 6) is -0.383. The lowest BCUT2D eigenvalue weighted by atomic mass is 10.00. The lowest BCUT2D eigenvalue weighted by Gasteiger charge is -2.11. The van der Waals surface area contributed by atoms with E-state index >= 15 is 0 Å². The number of aromatic amines is 2. The van der Waals surface area contributed by atoms with Crippen LogP contribution in [0.25, 0.3) is 22.1 Å². The molecule has 0 unspecified atom stereocenters. The zero-order valence-corrected chi connectivity index (χ0v) is 27.4. The van der Waals surface area contributed by atoms with Gasteiger partial charge in [0.05, 0.1) is 56.1 Å². The second kappa shape index (κ2) is 14.2. The Morgan fingerprint density at radius 2 is 1.13 bits per heavy atom. The average Bonchev–Trinajstić information content (AvgIpc) is 3.66. The summed E-state index contributed by atoms with van der Waals surface area (Å²) >= 11 is 14.5. The van der Waals surface area contributed by atoms with Crippen LogP contribution in [0.15, 0.2) is 83.1 Å². The Hall–Kier alpha value is -4.98. The minimum Gasteiger partial charge on any atom is -0.333 e. The largest absolute Gasteiger partial charge is 0.333 e. The Morgan fingerprint density at radius 1 is 0.681 bits per heavy atom. The molecule has 0 aliphatic heterocycles. The summed E-state index contributed by atoms with van der Waals surface area (Å²) < 4.78 is 0. The number of fused-ring (bicyclic) bond motifs is 2. The summed E-state index contributed by atoms with van der Waals surface area (Å²) in [6.45, 7) is 0. The summed E-state index contributed by atoms with van der Waals surface area (Å²) in [5, 5.41) is 27.5. The Labute approximate surface area is 286 Å². The number of aromatic nitrogens is 4. The van der Waals surface area contributed by atoms with E-state index in [1.807, 2.05) is 12.1 Å². The van der Waals surface area contributed by atoms with Crippen LogP contribution in [0.4, 0.5) is 11.4 Å². The molecule has 0 fully saturated rings. The molecule has 47 heavy (non-hydrogen) atoms. The Balaban J connectivity index is 1.04. The average molecular weight is 698 g/mol. The SMILES string of the molecule is N#Cc1cc(Cc2ccc(NC(=O)CSc3nc4ccc(Cl)cc4[nH]3)c(C#N)c2)ccc1NC(=O)CSc1nc2ccc(Cl)cc2[nH]1. The third kappa shape index (κ3) is 7.88. The molecular formula is C33H22Cl2N8O2S2. The number of imidazole rings is 2. The topological polar surface area (TPSA) is 163 Å². The number of hydrogen-bond donors (Lipinski definition) is 4. The standard InChI is InChI=1S/C33H22Cl2N8O2S2/c34-22-3-7-26-28(12-22)42-32(40-26)46-16-30(44)38-24-5-1-18(10-20(24)14-36)9-19-2-6-25(21(11-19)15-37)39-31(45)17-47-33-41-27-8-4-23(35)13-29(27)43-33/h1-8,10-13H,9,16-17H2,(H,38,44)(H,39,45)(H,40,42)(H,41,43). The number of carbonyl (C=O) groups is 2. The number of benzene rings is 4. The highest BCUT2D eigenvalue weighted by Gasteiger charge is 2.14. The highest BCUT2D eigenvalue weighted by Crippen LogP contribution is 2.26. The number of hydrogen-bond acceptors (Lipinski definition) is 8. The van der Waals surface area contributed by atoms with Crippen molar-refractivity contribution in [3.05, 3.63) is 105 Å². The van der Waals surface area contributed by atoms with E-state index in [1.165, 1.54) is 23.5 Å². The molecule has 2 heterocycles. The van der Waals surface area contributed by atoms with Gasteiger partial charge in [-0.1, -0.05) is 58.9 Å². The van der Waals surface area contributed by atoms with Gasteiger partial charge in [0.25, 0.3) is 0 Å². The molecule has 0 saturated carbocycles. The van der Waals surface area contributed by atoms with Gasteiger partial charge in [0.1, 0.15) is 12.1 Å². The second-order valence-corrected chi connectivity index (χ2v) is 13.0. The second-order valence-electron chi connectivity index (χ2n) is 10.2. The van der Waals surface area contributed by atoms with Gasteiger partial charge in [0.2, 0.25) is 11.8 Å². The third-order valence-corrected chi connectivity index (χ3v) is 9.11. The van der Waals surface area contributed by atoms with E-state index in [0.29, 0.717) is 49.3 Å². The van der Waals surface area contributed by atoms with Gasteiger partial charge in [-0.15, -0.1) is 0 Å². The first-order valence-corrected chi connectivity index (χ1v) is 16.7. The monoisotopic (exact) mass is 696 g/mol. The van der Waals surface area contributed by atoms with Crippen LogP contribution in [0.3, 0.4) is 0 Å². The number of carbonyl (C=O) groups excluding carboxylic acids is 2. The molecule has 2 amide bonds. The number of amides is 2. The van der Waals surface area contributed by atoms with Crippen molar-refractivity contribution >= 4 is 92.0 Å². The van der Waals surface area contributed by atoms with Gasteiger partial charge in [-0.2, -0.15) is 10.5 Å². The molecule has 0 aliphatic rings. The van der Waals surface area contributed by atoms with Gasteiger partial charge in [-0.25, -0.2) is 9.97 Å². The van der Waals surface area contributed by atoms with E-state index in [1.54, 1.807) is 60.7 Å². The molecule has 2 aromatic heterocycles. The zero-order valence-electron chi connectivity index (χ0n) is 24.2. The van der Waals surface area contributed by atoms with Crippen molar-refractivity contribution < 1.29 is 9.59 Å². The van der Waals surface area contributed by atoms with Crippen LogP contribution in [-0.4, -0.2) is 43.3 Å². The molecule has 0 spiro atoms. The minimum absolute atomic E-state index is 0.0912. The van der Waals surface area contributed by atoms with Crippen molar-refractivity contribution in [3.63, 3.8) is 0 Å². The van der Waals surface area contributed by atoms with Crippen molar-refractivity contribution in [3.8, 4) is 12.1 Å². The van der Waals surface area contributed by atoms with Crippen LogP contribution < -0.4 is 10.6 Å². The molecule has 4 N–H and O–H groups in total. The van der Waals surface area contributed by atoms with Crippen LogP contribution in [-0.2, 0) is 16.0 Å². The van der Waals surface area contributed by atoms with Gasteiger partial charge in [0, 0.05) is 10.0 Å². The molecule has 0 radical (unpaired) electrons. The fraction of sp³-hybridized carbons (Fsp3) is 0.0909. The minimum atomic E-state index is -0.282. The van der Waals surface area contributed by atoms with Gasteiger partial charge in [0.15, 0.2) is 10.3 Å². The van der Waals surface area contributed by atoms with Gasteiger partial charge >= 0.3 is 0 Å². The molecular weight excluding hydrogens is 675 g/mol. The number of H-pyrrole nitrogens is 2. The maximum atomic E-state index is 12.7. The number of nitrogens with one attached hydrogen (secondary N) is 4. The first-order chi connectivity index (χ1) is 22.8. The maximum Gasteiger partial charge on any atom is 0.234 e. The van der Waals surface area contributed by atoms with Crippen LogP contribution in [0.5, 0.6) is 0 Å². The normalized spacial score (nSPS) is 10.9. The van der Waals surface area contributed by atoms with Crippen LogP contribution >= 0.6 is 46.7 Å². The fourth-order valence-electron chi connectivity index (χ4n) is 4.74. The lowest BCUT2D eigenvalue weighted by Crippen LogP contribution is -2.15. The first-order valence-electron chi connectivity index (χ1n) is 14.0. The zero-order chi connectivity index (χ0) is 32.9. The predicted octanol–water partition coefficient (Wildman–Crippen LogP) is 7.54. The molecule has 0 aliphatic carbocycles. The fourth-order valence-corrected chi connectivity index (χ4v) is 6.45. The molecule has 10 nitrogen and oxygen atoms in total. The van der Waals surface area contributed by atoms with Crippen LogP contribution in [0.1, 0.15) is 22.3 Å². The Bertz CT molecular complexity index is 2100. The number of nitriles is 2. The molecule has 0 saturated heterocycles. The number of rotatable bonds is 10. The summed E-state index contributed by atoms with van der Waals surface area (Å²) in [4.78, 5) is 40.5. The van der Waals surface area contributed by atoms with Crippen molar-refractivity contribution in [2.24, 2.45) is 0 Å². The molecule has 232 valence electrons. The molecule has 6 aromatic rings. The number of halogens is 2. The van der Waals surface area contributed by atoms with E-state index in [-0.39, 0.29) is 23.3 Å². The number of anilines is 2. The van der Waals surface area contributed by atoms with Gasteiger partial charge < -0.3 is 20.6 Å². The Morgan fingerprint density at radius 3 is 1.55 bits per heavy atom. The molecule has 4 aromatic carbocycles. The van der Waals surface area contributed by atoms with E-state index < -0.39 is 0 Å². The van der Waals surface area contributed by atoms with Crippen LogP contribution in [0.2, 0.25) is 10.0 Å². The van der Waals surface area contributed by atoms with Crippen molar-refractivity contribution in [2.45, 2.75) is 16.7 Å². The molecule has 6 rings (SSSR count). The maximum absolute atomic E-state index is 12.7. The van der Waals surface area contributed by atoms with Crippen molar-refractivity contribution in [1.29, 1.82) is 10.5 Å². The molecule has 14 heteroatoms. The quantitative estimate of drug-likeness (QED) is 0.107. The van der Waals surface area contributed by atoms with E-state index in [0.717, 1.165) is 33.2 Å². The molecule has 0 bridgehead atoms. The summed E-state index contributed by atoms with van der Waals surface area (Å²) in [7, 11) is 0. The Kier molecular flexibility index (Phi) is 9.66. The van der Waals surface area contributed by atoms with Crippen molar-refractivity contribution in [1.82, 2.24) is 19.9 Å².